The molecule has 0 radical (unpaired) electrons. The van der Waals surface area contributed by atoms with Gasteiger partial charge in [0.2, 0.25) is 5.89 Å². The zero-order chi connectivity index (χ0) is 11.4. The van der Waals surface area contributed by atoms with Crippen LogP contribution in [0.15, 0.2) is 4.52 Å². The summed E-state index contributed by atoms with van der Waals surface area (Å²) in [4.78, 5) is 14.5. The van der Waals surface area contributed by atoms with E-state index in [1.807, 2.05) is 0 Å². The molecule has 2 heterocycles. The number of aromatic nitrogens is 2. The van der Waals surface area contributed by atoms with Gasteiger partial charge in [-0.2, -0.15) is 4.98 Å². The average molecular weight is 225 g/mol. The fourth-order valence-electron chi connectivity index (χ4n) is 1.89. The number of carboxylic acid groups (broad SMARTS) is 1. The van der Waals surface area contributed by atoms with Crippen LogP contribution in [0.1, 0.15) is 31.0 Å². The van der Waals surface area contributed by atoms with Crippen LogP contribution < -0.4 is 5.32 Å². The SMILES string of the molecule is O=C(O)Cc1nc(CC2CCCCN2)no1. The van der Waals surface area contributed by atoms with Crippen LogP contribution in [0.2, 0.25) is 0 Å². The van der Waals surface area contributed by atoms with E-state index in [4.69, 9.17) is 9.63 Å². The number of nitrogens with one attached hydrogen (secondary N) is 1. The van der Waals surface area contributed by atoms with Gasteiger partial charge in [-0.1, -0.05) is 11.6 Å². The molecule has 88 valence electrons. The Hall–Kier alpha value is -1.43. The first-order valence-corrected chi connectivity index (χ1v) is 5.50. The summed E-state index contributed by atoms with van der Waals surface area (Å²) in [7, 11) is 0. The molecule has 1 aromatic rings. The van der Waals surface area contributed by atoms with Crippen molar-refractivity contribution >= 4 is 5.97 Å². The highest BCUT2D eigenvalue weighted by Crippen LogP contribution is 2.11. The summed E-state index contributed by atoms with van der Waals surface area (Å²) in [5, 5.41) is 15.7. The van der Waals surface area contributed by atoms with Gasteiger partial charge in [0.1, 0.15) is 6.42 Å². The summed E-state index contributed by atoms with van der Waals surface area (Å²) in [6, 6.07) is 0.393. The first-order chi connectivity index (χ1) is 7.74. The van der Waals surface area contributed by atoms with Crippen molar-refractivity contribution in [2.45, 2.75) is 38.1 Å². The second kappa shape index (κ2) is 5.07. The summed E-state index contributed by atoms with van der Waals surface area (Å²) in [5.41, 5.74) is 0. The molecule has 1 fully saturated rings. The number of hydrogen-bond donors (Lipinski definition) is 2. The van der Waals surface area contributed by atoms with Crippen molar-refractivity contribution in [3.8, 4) is 0 Å². The molecule has 0 aromatic carbocycles. The molecule has 2 N–H and O–H groups in total. The molecule has 1 aliphatic heterocycles. The maximum Gasteiger partial charge on any atom is 0.312 e. The monoisotopic (exact) mass is 225 g/mol. The molecule has 1 saturated heterocycles. The molecule has 1 atom stereocenters. The molecular formula is C10H15N3O3. The van der Waals surface area contributed by atoms with Gasteiger partial charge < -0.3 is 14.9 Å². The van der Waals surface area contributed by atoms with Crippen molar-refractivity contribution in [1.82, 2.24) is 15.5 Å². The Kier molecular flexibility index (Phi) is 3.51. The molecule has 0 spiro atoms. The normalized spacial score (nSPS) is 20.9. The largest absolute Gasteiger partial charge is 0.481 e. The van der Waals surface area contributed by atoms with Gasteiger partial charge in [-0.15, -0.1) is 0 Å². The minimum Gasteiger partial charge on any atom is -0.481 e. The van der Waals surface area contributed by atoms with E-state index < -0.39 is 5.97 Å². The number of rotatable bonds is 4. The van der Waals surface area contributed by atoms with Crippen LogP contribution in [-0.4, -0.2) is 33.8 Å². The predicted molar refractivity (Wildman–Crippen MR) is 55.0 cm³/mol. The number of aliphatic carboxylic acids is 1. The Bertz CT molecular complexity index is 358. The van der Waals surface area contributed by atoms with Crippen LogP contribution >= 0.6 is 0 Å². The van der Waals surface area contributed by atoms with Crippen LogP contribution in [0.3, 0.4) is 0 Å². The quantitative estimate of drug-likeness (QED) is 0.770. The molecule has 0 bridgehead atoms. The maximum absolute atomic E-state index is 10.4. The molecule has 6 nitrogen and oxygen atoms in total. The van der Waals surface area contributed by atoms with Gasteiger partial charge in [0.15, 0.2) is 5.82 Å². The topological polar surface area (TPSA) is 88.2 Å². The summed E-state index contributed by atoms with van der Waals surface area (Å²) >= 11 is 0. The number of hydrogen-bond acceptors (Lipinski definition) is 5. The highest BCUT2D eigenvalue weighted by atomic mass is 16.5. The van der Waals surface area contributed by atoms with Gasteiger partial charge in [-0.25, -0.2) is 0 Å². The van der Waals surface area contributed by atoms with Crippen molar-refractivity contribution in [3.63, 3.8) is 0 Å². The van der Waals surface area contributed by atoms with Gasteiger partial charge in [0.25, 0.3) is 0 Å². The Morgan fingerprint density at radius 3 is 3.12 bits per heavy atom. The lowest BCUT2D eigenvalue weighted by atomic mass is 10.0. The summed E-state index contributed by atoms with van der Waals surface area (Å²) in [6.45, 7) is 1.03. The second-order valence-corrected chi connectivity index (χ2v) is 4.03. The van der Waals surface area contributed by atoms with E-state index in [9.17, 15) is 4.79 Å². The summed E-state index contributed by atoms with van der Waals surface area (Å²) in [5.74, 6) is -0.181. The minimum atomic E-state index is -0.953. The van der Waals surface area contributed by atoms with Crippen molar-refractivity contribution < 1.29 is 14.4 Å². The standard InChI is InChI=1S/C10H15N3O3/c14-10(15)6-9-12-8(13-16-9)5-7-3-1-2-4-11-7/h7,11H,1-6H2,(H,14,15). The fourth-order valence-corrected chi connectivity index (χ4v) is 1.89. The first-order valence-electron chi connectivity index (χ1n) is 5.50. The van der Waals surface area contributed by atoms with Crippen LogP contribution in [-0.2, 0) is 17.6 Å². The van der Waals surface area contributed by atoms with Crippen LogP contribution in [0.5, 0.6) is 0 Å². The highest BCUT2D eigenvalue weighted by Gasteiger charge is 2.17. The van der Waals surface area contributed by atoms with E-state index in [0.717, 1.165) is 13.0 Å². The van der Waals surface area contributed by atoms with E-state index in [1.54, 1.807) is 0 Å². The van der Waals surface area contributed by atoms with Gasteiger partial charge >= 0.3 is 5.97 Å². The van der Waals surface area contributed by atoms with Crippen LogP contribution in [0.25, 0.3) is 0 Å². The molecule has 16 heavy (non-hydrogen) atoms. The molecule has 0 aliphatic carbocycles. The number of carboxylic acids is 1. The zero-order valence-corrected chi connectivity index (χ0v) is 8.98. The molecule has 0 saturated carbocycles. The first kappa shape index (κ1) is 11.1. The minimum absolute atomic E-state index is 0.179. The number of nitrogens with zero attached hydrogens (tertiary/aromatic N) is 2. The lowest BCUT2D eigenvalue weighted by Gasteiger charge is -2.21. The van der Waals surface area contributed by atoms with Crippen molar-refractivity contribution in [2.24, 2.45) is 0 Å². The van der Waals surface area contributed by atoms with E-state index in [-0.39, 0.29) is 12.3 Å². The molecule has 1 aliphatic rings. The lowest BCUT2D eigenvalue weighted by Crippen LogP contribution is -2.35. The lowest BCUT2D eigenvalue weighted by molar-refractivity contribution is -0.136. The highest BCUT2D eigenvalue weighted by molar-refractivity contribution is 5.68. The Balaban J connectivity index is 1.88. The van der Waals surface area contributed by atoms with Gasteiger partial charge in [0, 0.05) is 12.5 Å². The van der Waals surface area contributed by atoms with E-state index in [0.29, 0.717) is 18.3 Å². The number of piperidine rings is 1. The molecule has 0 amide bonds. The Morgan fingerprint density at radius 2 is 2.44 bits per heavy atom. The van der Waals surface area contributed by atoms with Crippen molar-refractivity contribution in [3.05, 3.63) is 11.7 Å². The van der Waals surface area contributed by atoms with Gasteiger partial charge in [-0.05, 0) is 19.4 Å². The van der Waals surface area contributed by atoms with Crippen molar-refractivity contribution in [1.29, 1.82) is 0 Å². The Morgan fingerprint density at radius 1 is 1.56 bits per heavy atom. The average Bonchev–Trinajstić information content (AvgIpc) is 2.66. The summed E-state index contributed by atoms with van der Waals surface area (Å²) in [6.07, 6.45) is 4.06. The third kappa shape index (κ3) is 3.03. The Labute approximate surface area is 93.0 Å². The van der Waals surface area contributed by atoms with E-state index >= 15 is 0 Å². The predicted octanol–water partition coefficient (Wildman–Crippen LogP) is 0.381. The van der Waals surface area contributed by atoms with Crippen LogP contribution in [0, 0.1) is 0 Å². The summed E-state index contributed by atoms with van der Waals surface area (Å²) < 4.78 is 4.85. The van der Waals surface area contributed by atoms with Crippen molar-refractivity contribution in [2.75, 3.05) is 6.54 Å². The third-order valence-corrected chi connectivity index (χ3v) is 2.65. The smallest absolute Gasteiger partial charge is 0.312 e. The van der Waals surface area contributed by atoms with Gasteiger partial charge in [-0.3, -0.25) is 4.79 Å². The molecule has 1 aromatic heterocycles. The van der Waals surface area contributed by atoms with E-state index in [1.165, 1.54) is 12.8 Å². The molecule has 6 heteroatoms. The second-order valence-electron chi connectivity index (χ2n) is 4.03. The zero-order valence-electron chi connectivity index (χ0n) is 8.98. The maximum atomic E-state index is 10.4. The van der Waals surface area contributed by atoms with Crippen LogP contribution in [0.4, 0.5) is 0 Å². The van der Waals surface area contributed by atoms with E-state index in [2.05, 4.69) is 15.5 Å². The fraction of sp³-hybridized carbons (Fsp3) is 0.700. The number of carbonyl (C=O) groups is 1. The van der Waals surface area contributed by atoms with Gasteiger partial charge in [0.05, 0.1) is 0 Å². The molecule has 1 unspecified atom stereocenters. The molecular weight excluding hydrogens is 210 g/mol. The third-order valence-electron chi connectivity index (χ3n) is 2.65. The molecule has 2 rings (SSSR count).